The van der Waals surface area contributed by atoms with Gasteiger partial charge in [0.15, 0.2) is 0 Å². The minimum absolute atomic E-state index is 0.153. The maximum atomic E-state index is 12.8. The molecule has 0 amide bonds. The number of halogens is 2. The largest absolute Gasteiger partial charge is 0.489 e. The Morgan fingerprint density at radius 2 is 2.25 bits per heavy atom. The first-order chi connectivity index (χ1) is 7.52. The van der Waals surface area contributed by atoms with Crippen molar-refractivity contribution in [2.45, 2.75) is 19.4 Å². The first kappa shape index (κ1) is 13.0. The monoisotopic (exact) mass is 290 g/mol. The molecule has 0 saturated heterocycles. The van der Waals surface area contributed by atoms with Crippen molar-refractivity contribution in [2.75, 3.05) is 7.11 Å². The van der Waals surface area contributed by atoms with Gasteiger partial charge in [0.2, 0.25) is 0 Å². The first-order valence-corrected chi connectivity index (χ1v) is 5.50. The summed E-state index contributed by atoms with van der Waals surface area (Å²) in [4.78, 5) is 11.0. The quantitative estimate of drug-likeness (QED) is 0.800. The highest BCUT2D eigenvalue weighted by molar-refractivity contribution is 9.10. The molecule has 16 heavy (non-hydrogen) atoms. The van der Waals surface area contributed by atoms with E-state index in [1.165, 1.54) is 25.3 Å². The van der Waals surface area contributed by atoms with Gasteiger partial charge in [-0.05, 0) is 41.1 Å². The van der Waals surface area contributed by atoms with E-state index in [9.17, 15) is 9.18 Å². The predicted molar refractivity (Wildman–Crippen MR) is 60.8 cm³/mol. The number of hydrogen-bond donors (Lipinski definition) is 0. The van der Waals surface area contributed by atoms with Gasteiger partial charge in [0.05, 0.1) is 18.0 Å². The molecule has 1 unspecified atom stereocenters. The lowest BCUT2D eigenvalue weighted by molar-refractivity contribution is -0.142. The number of methoxy groups -OCH3 is 1. The molecule has 0 spiro atoms. The number of carbonyl (C=O) groups is 1. The molecule has 0 bridgehead atoms. The Bertz CT molecular complexity index is 381. The number of benzene rings is 1. The average Bonchev–Trinajstić information content (AvgIpc) is 2.22. The zero-order valence-corrected chi connectivity index (χ0v) is 10.6. The van der Waals surface area contributed by atoms with Crippen LogP contribution >= 0.6 is 15.9 Å². The van der Waals surface area contributed by atoms with Gasteiger partial charge < -0.3 is 9.47 Å². The van der Waals surface area contributed by atoms with Crippen LogP contribution < -0.4 is 4.74 Å². The molecule has 0 saturated carbocycles. The number of esters is 1. The summed E-state index contributed by atoms with van der Waals surface area (Å²) in [6, 6.07) is 4.11. The second kappa shape index (κ2) is 5.84. The fourth-order valence-corrected chi connectivity index (χ4v) is 1.59. The van der Waals surface area contributed by atoms with E-state index in [-0.39, 0.29) is 24.3 Å². The Labute approximate surface area is 102 Å². The van der Waals surface area contributed by atoms with Crippen LogP contribution in [0.15, 0.2) is 22.7 Å². The SMILES string of the molecule is COC(=O)CC(C)Oc1ccc(F)cc1Br. The summed E-state index contributed by atoms with van der Waals surface area (Å²) in [6.07, 6.45) is -0.172. The number of rotatable bonds is 4. The summed E-state index contributed by atoms with van der Waals surface area (Å²) in [5.41, 5.74) is 0. The molecule has 0 aliphatic carbocycles. The lowest BCUT2D eigenvalue weighted by atomic mass is 10.3. The van der Waals surface area contributed by atoms with E-state index in [2.05, 4.69) is 20.7 Å². The van der Waals surface area contributed by atoms with Gasteiger partial charge in [-0.15, -0.1) is 0 Å². The zero-order chi connectivity index (χ0) is 12.1. The van der Waals surface area contributed by atoms with Crippen LogP contribution in [0.4, 0.5) is 4.39 Å². The molecular formula is C11H12BrFO3. The van der Waals surface area contributed by atoms with Gasteiger partial charge in [-0.1, -0.05) is 0 Å². The summed E-state index contributed by atoms with van der Waals surface area (Å²) in [5.74, 6) is -0.191. The zero-order valence-electron chi connectivity index (χ0n) is 9.00. The topological polar surface area (TPSA) is 35.5 Å². The highest BCUT2D eigenvalue weighted by Gasteiger charge is 2.12. The highest BCUT2D eigenvalue weighted by atomic mass is 79.9. The second-order valence-corrected chi connectivity index (χ2v) is 4.14. The molecule has 0 radical (unpaired) electrons. The van der Waals surface area contributed by atoms with Crippen LogP contribution in [-0.2, 0) is 9.53 Å². The number of ether oxygens (including phenoxy) is 2. The third kappa shape index (κ3) is 3.81. The Morgan fingerprint density at radius 1 is 1.56 bits per heavy atom. The summed E-state index contributed by atoms with van der Waals surface area (Å²) < 4.78 is 23.3. The number of carbonyl (C=O) groups excluding carboxylic acids is 1. The van der Waals surface area contributed by atoms with Crippen molar-refractivity contribution in [3.05, 3.63) is 28.5 Å². The second-order valence-electron chi connectivity index (χ2n) is 3.28. The van der Waals surface area contributed by atoms with Crippen LogP contribution in [-0.4, -0.2) is 19.2 Å². The fraction of sp³-hybridized carbons (Fsp3) is 0.364. The van der Waals surface area contributed by atoms with Crippen molar-refractivity contribution in [3.8, 4) is 5.75 Å². The molecule has 0 aliphatic rings. The van der Waals surface area contributed by atoms with E-state index in [1.807, 2.05) is 0 Å². The van der Waals surface area contributed by atoms with Crippen molar-refractivity contribution >= 4 is 21.9 Å². The van der Waals surface area contributed by atoms with Gasteiger partial charge in [-0.2, -0.15) is 0 Å². The smallest absolute Gasteiger partial charge is 0.309 e. The van der Waals surface area contributed by atoms with Crippen LogP contribution in [0.25, 0.3) is 0 Å². The first-order valence-electron chi connectivity index (χ1n) is 4.71. The Hall–Kier alpha value is -1.10. The Kier molecular flexibility index (Phi) is 4.73. The van der Waals surface area contributed by atoms with Crippen molar-refractivity contribution in [3.63, 3.8) is 0 Å². The van der Waals surface area contributed by atoms with Gasteiger partial charge in [0.1, 0.15) is 17.7 Å². The van der Waals surface area contributed by atoms with Gasteiger partial charge in [-0.25, -0.2) is 4.39 Å². The molecule has 5 heteroatoms. The predicted octanol–water partition coefficient (Wildman–Crippen LogP) is 2.92. The van der Waals surface area contributed by atoms with E-state index < -0.39 is 0 Å². The Morgan fingerprint density at radius 3 is 2.81 bits per heavy atom. The molecule has 0 aliphatic heterocycles. The van der Waals surface area contributed by atoms with Gasteiger partial charge >= 0.3 is 5.97 Å². The molecule has 1 rings (SSSR count). The average molecular weight is 291 g/mol. The molecule has 88 valence electrons. The van der Waals surface area contributed by atoms with Gasteiger partial charge in [0, 0.05) is 0 Å². The van der Waals surface area contributed by atoms with Gasteiger partial charge in [0.25, 0.3) is 0 Å². The number of hydrogen-bond acceptors (Lipinski definition) is 3. The van der Waals surface area contributed by atoms with E-state index in [0.29, 0.717) is 10.2 Å². The lowest BCUT2D eigenvalue weighted by Crippen LogP contribution is -2.18. The van der Waals surface area contributed by atoms with Crippen molar-refractivity contribution < 1.29 is 18.7 Å². The molecule has 1 aromatic carbocycles. The van der Waals surface area contributed by atoms with E-state index >= 15 is 0 Å². The summed E-state index contributed by atoms with van der Waals surface area (Å²) in [7, 11) is 1.32. The van der Waals surface area contributed by atoms with E-state index in [4.69, 9.17) is 4.74 Å². The van der Waals surface area contributed by atoms with Crippen LogP contribution in [0, 0.1) is 5.82 Å². The van der Waals surface area contributed by atoms with Crippen LogP contribution in [0.2, 0.25) is 0 Å². The standard InChI is InChI=1S/C11H12BrFO3/c1-7(5-11(14)15-2)16-10-4-3-8(13)6-9(10)12/h3-4,6-7H,5H2,1-2H3. The van der Waals surface area contributed by atoms with Crippen molar-refractivity contribution in [2.24, 2.45) is 0 Å². The fourth-order valence-electron chi connectivity index (χ4n) is 1.15. The maximum Gasteiger partial charge on any atom is 0.309 e. The molecule has 0 fully saturated rings. The minimum atomic E-state index is -0.347. The molecule has 0 heterocycles. The molecule has 0 N–H and O–H groups in total. The highest BCUT2D eigenvalue weighted by Crippen LogP contribution is 2.26. The van der Waals surface area contributed by atoms with Crippen LogP contribution in [0.5, 0.6) is 5.75 Å². The molecule has 3 nitrogen and oxygen atoms in total. The summed E-state index contributed by atoms with van der Waals surface area (Å²) in [6.45, 7) is 1.74. The molecule has 0 aromatic heterocycles. The molecule has 1 aromatic rings. The minimum Gasteiger partial charge on any atom is -0.489 e. The Balaban J connectivity index is 2.62. The van der Waals surface area contributed by atoms with Gasteiger partial charge in [-0.3, -0.25) is 4.79 Å². The summed E-state index contributed by atoms with van der Waals surface area (Å²) >= 11 is 3.18. The van der Waals surface area contributed by atoms with E-state index in [1.54, 1.807) is 6.92 Å². The molecular weight excluding hydrogens is 279 g/mol. The maximum absolute atomic E-state index is 12.8. The van der Waals surface area contributed by atoms with Crippen LogP contribution in [0.3, 0.4) is 0 Å². The summed E-state index contributed by atoms with van der Waals surface area (Å²) in [5, 5.41) is 0. The third-order valence-corrected chi connectivity index (χ3v) is 2.52. The third-order valence-electron chi connectivity index (χ3n) is 1.90. The molecule has 1 atom stereocenters. The normalized spacial score (nSPS) is 12.0. The lowest BCUT2D eigenvalue weighted by Gasteiger charge is -2.14. The van der Waals surface area contributed by atoms with Crippen molar-refractivity contribution in [1.82, 2.24) is 0 Å². The van der Waals surface area contributed by atoms with Crippen LogP contribution in [0.1, 0.15) is 13.3 Å². The van der Waals surface area contributed by atoms with Crippen molar-refractivity contribution in [1.29, 1.82) is 0 Å². The van der Waals surface area contributed by atoms with E-state index in [0.717, 1.165) is 0 Å².